The van der Waals surface area contributed by atoms with Crippen LogP contribution in [0.2, 0.25) is 0 Å². The third kappa shape index (κ3) is 5.95. The van der Waals surface area contributed by atoms with E-state index >= 15 is 0 Å². The molecule has 1 aliphatic rings. The van der Waals surface area contributed by atoms with E-state index in [0.29, 0.717) is 12.0 Å². The lowest BCUT2D eigenvalue weighted by molar-refractivity contribution is 0.300. The Morgan fingerprint density at radius 3 is 2.62 bits per heavy atom. The number of hydrogen-bond donors (Lipinski definition) is 2. The molecule has 2 nitrogen and oxygen atoms in total. The molecule has 1 fully saturated rings. The smallest absolute Gasteiger partial charge is 0.123 e. The first-order valence-corrected chi connectivity index (χ1v) is 7.92. The molecular formula is C17H28BrFN2. The van der Waals surface area contributed by atoms with E-state index in [1.54, 1.807) is 0 Å². The SMILES string of the molecule is Br.CCC(C)CC(Nc1ccc(F)cc1)C1CCCNC1. The molecule has 0 aromatic heterocycles. The molecule has 0 amide bonds. The van der Waals surface area contributed by atoms with E-state index in [1.165, 1.54) is 37.8 Å². The van der Waals surface area contributed by atoms with Gasteiger partial charge in [0.2, 0.25) is 0 Å². The Morgan fingerprint density at radius 1 is 1.33 bits per heavy atom. The summed E-state index contributed by atoms with van der Waals surface area (Å²) >= 11 is 0. The Labute approximate surface area is 138 Å². The van der Waals surface area contributed by atoms with Gasteiger partial charge in [0.25, 0.3) is 0 Å². The van der Waals surface area contributed by atoms with Gasteiger partial charge in [-0.15, -0.1) is 17.0 Å². The zero-order valence-corrected chi connectivity index (χ0v) is 14.8. The Bertz CT molecular complexity index is 390. The fourth-order valence-corrected chi connectivity index (χ4v) is 2.95. The summed E-state index contributed by atoms with van der Waals surface area (Å²) < 4.78 is 13.0. The molecule has 4 heteroatoms. The predicted molar refractivity (Wildman–Crippen MR) is 93.8 cm³/mol. The van der Waals surface area contributed by atoms with Gasteiger partial charge in [0.15, 0.2) is 0 Å². The van der Waals surface area contributed by atoms with E-state index in [-0.39, 0.29) is 22.8 Å². The molecule has 1 aromatic carbocycles. The quantitative estimate of drug-likeness (QED) is 0.775. The third-order valence-corrected chi connectivity index (χ3v) is 4.45. The van der Waals surface area contributed by atoms with Crippen LogP contribution in [0.1, 0.15) is 39.5 Å². The van der Waals surface area contributed by atoms with Crippen LogP contribution in [0.15, 0.2) is 24.3 Å². The molecule has 3 atom stereocenters. The number of anilines is 1. The lowest BCUT2D eigenvalue weighted by Gasteiger charge is -2.33. The van der Waals surface area contributed by atoms with Crippen molar-refractivity contribution in [1.82, 2.24) is 5.32 Å². The Kier molecular flexibility index (Phi) is 8.27. The van der Waals surface area contributed by atoms with Crippen molar-refractivity contribution in [2.24, 2.45) is 11.8 Å². The van der Waals surface area contributed by atoms with Crippen LogP contribution >= 0.6 is 17.0 Å². The number of rotatable bonds is 6. The van der Waals surface area contributed by atoms with Crippen LogP contribution in [-0.2, 0) is 0 Å². The highest BCUT2D eigenvalue weighted by Crippen LogP contribution is 2.25. The molecule has 3 unspecified atom stereocenters. The summed E-state index contributed by atoms with van der Waals surface area (Å²) in [5.41, 5.74) is 1.03. The minimum atomic E-state index is -0.173. The number of halogens is 2. The molecular weight excluding hydrogens is 331 g/mol. The van der Waals surface area contributed by atoms with Gasteiger partial charge < -0.3 is 10.6 Å². The molecule has 0 bridgehead atoms. The maximum atomic E-state index is 13.0. The monoisotopic (exact) mass is 358 g/mol. The fourth-order valence-electron chi connectivity index (χ4n) is 2.95. The van der Waals surface area contributed by atoms with Crippen LogP contribution in [0.4, 0.5) is 10.1 Å². The van der Waals surface area contributed by atoms with Gasteiger partial charge in [-0.3, -0.25) is 0 Å². The molecule has 0 aliphatic carbocycles. The highest BCUT2D eigenvalue weighted by molar-refractivity contribution is 8.93. The zero-order valence-electron chi connectivity index (χ0n) is 13.1. The first-order valence-electron chi connectivity index (χ1n) is 7.92. The molecule has 2 N–H and O–H groups in total. The van der Waals surface area contributed by atoms with Gasteiger partial charge in [-0.05, 0) is 68.5 Å². The average Bonchev–Trinajstić information content (AvgIpc) is 2.49. The maximum absolute atomic E-state index is 13.0. The minimum absolute atomic E-state index is 0. The Balaban J connectivity index is 0.00000220. The van der Waals surface area contributed by atoms with Crippen molar-refractivity contribution < 1.29 is 4.39 Å². The van der Waals surface area contributed by atoms with Gasteiger partial charge in [-0.2, -0.15) is 0 Å². The summed E-state index contributed by atoms with van der Waals surface area (Å²) in [6.45, 7) is 6.80. The second-order valence-electron chi connectivity index (χ2n) is 6.11. The van der Waals surface area contributed by atoms with Gasteiger partial charge in [0.1, 0.15) is 5.82 Å². The molecule has 0 saturated carbocycles. The van der Waals surface area contributed by atoms with Crippen LogP contribution < -0.4 is 10.6 Å². The number of nitrogens with one attached hydrogen (secondary N) is 2. The van der Waals surface area contributed by atoms with Crippen molar-refractivity contribution in [3.63, 3.8) is 0 Å². The van der Waals surface area contributed by atoms with Gasteiger partial charge >= 0.3 is 0 Å². The second kappa shape index (κ2) is 9.42. The lowest BCUT2D eigenvalue weighted by Crippen LogP contribution is -2.41. The largest absolute Gasteiger partial charge is 0.382 e. The summed E-state index contributed by atoms with van der Waals surface area (Å²) in [6, 6.07) is 7.22. The summed E-state index contributed by atoms with van der Waals surface area (Å²) in [5, 5.41) is 7.14. The van der Waals surface area contributed by atoms with E-state index in [2.05, 4.69) is 24.5 Å². The molecule has 21 heavy (non-hydrogen) atoms. The van der Waals surface area contributed by atoms with E-state index < -0.39 is 0 Å². The maximum Gasteiger partial charge on any atom is 0.123 e. The Morgan fingerprint density at radius 2 is 2.05 bits per heavy atom. The van der Waals surface area contributed by atoms with Gasteiger partial charge in [-0.1, -0.05) is 20.3 Å². The van der Waals surface area contributed by atoms with Crippen LogP contribution in [0.5, 0.6) is 0 Å². The minimum Gasteiger partial charge on any atom is -0.382 e. The van der Waals surface area contributed by atoms with Crippen molar-refractivity contribution in [3.05, 3.63) is 30.1 Å². The van der Waals surface area contributed by atoms with E-state index in [1.807, 2.05) is 12.1 Å². The highest BCUT2D eigenvalue weighted by atomic mass is 79.9. The topological polar surface area (TPSA) is 24.1 Å². The zero-order chi connectivity index (χ0) is 14.4. The van der Waals surface area contributed by atoms with Gasteiger partial charge in [0, 0.05) is 11.7 Å². The number of hydrogen-bond acceptors (Lipinski definition) is 2. The summed E-state index contributed by atoms with van der Waals surface area (Å²) in [4.78, 5) is 0. The summed E-state index contributed by atoms with van der Waals surface area (Å²) in [5.74, 6) is 1.21. The van der Waals surface area contributed by atoms with Crippen LogP contribution in [0.25, 0.3) is 0 Å². The van der Waals surface area contributed by atoms with Crippen LogP contribution in [0, 0.1) is 17.7 Å². The van der Waals surface area contributed by atoms with Crippen LogP contribution in [0.3, 0.4) is 0 Å². The fraction of sp³-hybridized carbons (Fsp3) is 0.647. The molecule has 120 valence electrons. The molecule has 0 radical (unpaired) electrons. The average molecular weight is 359 g/mol. The predicted octanol–water partition coefficient (Wildman–Crippen LogP) is 4.62. The highest BCUT2D eigenvalue weighted by Gasteiger charge is 2.24. The summed E-state index contributed by atoms with van der Waals surface area (Å²) in [6.07, 6.45) is 4.93. The normalized spacial score (nSPS) is 21.2. The third-order valence-electron chi connectivity index (χ3n) is 4.45. The van der Waals surface area contributed by atoms with Crippen molar-refractivity contribution in [1.29, 1.82) is 0 Å². The molecule has 1 aliphatic heterocycles. The van der Waals surface area contributed by atoms with E-state index in [0.717, 1.165) is 24.7 Å². The number of benzene rings is 1. The van der Waals surface area contributed by atoms with E-state index in [4.69, 9.17) is 0 Å². The molecule has 2 rings (SSSR count). The van der Waals surface area contributed by atoms with Crippen molar-refractivity contribution in [2.75, 3.05) is 18.4 Å². The van der Waals surface area contributed by atoms with Crippen molar-refractivity contribution in [2.45, 2.75) is 45.6 Å². The standard InChI is InChI=1S/C17H27FN2.BrH/c1-3-13(2)11-17(14-5-4-10-19-12-14)20-16-8-6-15(18)7-9-16;/h6-9,13-14,17,19-20H,3-5,10-12H2,1-2H3;1H. The lowest BCUT2D eigenvalue weighted by atomic mass is 9.85. The van der Waals surface area contributed by atoms with Crippen molar-refractivity contribution in [3.8, 4) is 0 Å². The first kappa shape index (κ1) is 18.4. The molecule has 0 spiro atoms. The van der Waals surface area contributed by atoms with Crippen LogP contribution in [-0.4, -0.2) is 19.1 Å². The van der Waals surface area contributed by atoms with Gasteiger partial charge in [-0.25, -0.2) is 4.39 Å². The number of piperidine rings is 1. The van der Waals surface area contributed by atoms with Gasteiger partial charge in [0.05, 0.1) is 0 Å². The van der Waals surface area contributed by atoms with Crippen molar-refractivity contribution >= 4 is 22.7 Å². The second-order valence-corrected chi connectivity index (χ2v) is 6.11. The summed E-state index contributed by atoms with van der Waals surface area (Å²) in [7, 11) is 0. The first-order chi connectivity index (χ1) is 9.69. The molecule has 1 saturated heterocycles. The molecule has 1 aromatic rings. The molecule has 1 heterocycles. The Hall–Kier alpha value is -0.610. The van der Waals surface area contributed by atoms with E-state index in [9.17, 15) is 4.39 Å².